The third kappa shape index (κ3) is 4.86. The van der Waals surface area contributed by atoms with Crippen LogP contribution in [0.25, 0.3) is 0 Å². The van der Waals surface area contributed by atoms with Gasteiger partial charge in [0.25, 0.3) is 0 Å². The van der Waals surface area contributed by atoms with Crippen molar-refractivity contribution in [2.24, 2.45) is 0 Å². The van der Waals surface area contributed by atoms with Crippen molar-refractivity contribution in [1.82, 2.24) is 9.80 Å². The third-order valence-electron chi connectivity index (χ3n) is 3.05. The summed E-state index contributed by atoms with van der Waals surface area (Å²) in [4.78, 5) is 14.2. The van der Waals surface area contributed by atoms with Crippen LogP contribution in [0.2, 0.25) is 0 Å². The molecule has 0 saturated heterocycles. The minimum absolute atomic E-state index is 0.381. The van der Waals surface area contributed by atoms with Crippen LogP contribution in [-0.2, 0) is 6.54 Å². The molecule has 0 radical (unpaired) electrons. The van der Waals surface area contributed by atoms with Gasteiger partial charge in [-0.15, -0.1) is 0 Å². The van der Waals surface area contributed by atoms with Crippen molar-refractivity contribution in [3.05, 3.63) is 39.7 Å². The second-order valence-corrected chi connectivity index (χ2v) is 5.09. The smallest absolute Gasteiger partial charge is 0.305 e. The lowest BCUT2D eigenvalue weighted by molar-refractivity contribution is -0.387. The molecular weight excluding hydrogens is 261 g/mol. The molecule has 0 amide bonds. The lowest BCUT2D eigenvalue weighted by Crippen LogP contribution is -2.32. The molecule has 0 aliphatic heterocycles. The van der Waals surface area contributed by atoms with E-state index in [2.05, 4.69) is 16.7 Å². The number of hydrogen-bond acceptors (Lipinski definition) is 4. The number of hydrogen-bond donors (Lipinski definition) is 0. The molecule has 0 saturated carbocycles. The van der Waals surface area contributed by atoms with Crippen LogP contribution in [0.3, 0.4) is 0 Å². The molecule has 0 aliphatic carbocycles. The molecule has 5 nitrogen and oxygen atoms in total. The quantitative estimate of drug-likeness (QED) is 0.543. The van der Waals surface area contributed by atoms with Crippen molar-refractivity contribution < 1.29 is 9.31 Å². The monoisotopic (exact) mass is 283 g/mol. The summed E-state index contributed by atoms with van der Waals surface area (Å²) in [6, 6.07) is 4.34. The lowest BCUT2D eigenvalue weighted by Gasteiger charge is -2.23. The summed E-state index contributed by atoms with van der Waals surface area (Å²) in [7, 11) is 3.97. The molecule has 0 aliphatic rings. The van der Waals surface area contributed by atoms with Crippen LogP contribution in [0.1, 0.15) is 18.9 Å². The first kappa shape index (κ1) is 16.5. The number of nitro benzene ring substituents is 1. The van der Waals surface area contributed by atoms with Crippen LogP contribution >= 0.6 is 0 Å². The van der Waals surface area contributed by atoms with Gasteiger partial charge in [0.05, 0.1) is 4.92 Å². The molecule has 6 heteroatoms. The van der Waals surface area contributed by atoms with Crippen LogP contribution in [0, 0.1) is 15.9 Å². The fourth-order valence-corrected chi connectivity index (χ4v) is 2.00. The maximum atomic E-state index is 14.0. The molecule has 20 heavy (non-hydrogen) atoms. The third-order valence-corrected chi connectivity index (χ3v) is 3.05. The van der Waals surface area contributed by atoms with Crippen LogP contribution in [-0.4, -0.2) is 48.5 Å². The highest BCUT2D eigenvalue weighted by molar-refractivity contribution is 5.36. The van der Waals surface area contributed by atoms with E-state index in [1.807, 2.05) is 14.1 Å². The second-order valence-electron chi connectivity index (χ2n) is 5.09. The first-order valence-electron chi connectivity index (χ1n) is 6.74. The summed E-state index contributed by atoms with van der Waals surface area (Å²) in [5, 5.41) is 10.7. The number of rotatable bonds is 8. The van der Waals surface area contributed by atoms with E-state index >= 15 is 0 Å². The molecule has 0 atom stereocenters. The molecular formula is C14H22FN3O2. The molecule has 0 unspecified atom stereocenters. The normalized spacial score (nSPS) is 11.3. The van der Waals surface area contributed by atoms with Crippen LogP contribution in [0.5, 0.6) is 0 Å². The van der Waals surface area contributed by atoms with Crippen LogP contribution in [0.15, 0.2) is 18.2 Å². The van der Waals surface area contributed by atoms with Gasteiger partial charge in [-0.05, 0) is 27.1 Å². The van der Waals surface area contributed by atoms with Crippen molar-refractivity contribution in [2.75, 3.05) is 33.7 Å². The number of likely N-dealkylation sites (N-methyl/N-ethyl adjacent to an activating group) is 1. The molecule has 0 N–H and O–H groups in total. The zero-order valence-corrected chi connectivity index (χ0v) is 12.3. The average Bonchev–Trinajstić information content (AvgIpc) is 2.38. The highest BCUT2D eigenvalue weighted by Crippen LogP contribution is 2.21. The number of halogens is 1. The largest absolute Gasteiger partial charge is 0.308 e. The van der Waals surface area contributed by atoms with Gasteiger partial charge in [-0.25, -0.2) is 0 Å². The average molecular weight is 283 g/mol. The summed E-state index contributed by atoms with van der Waals surface area (Å²) in [6.45, 7) is 4.98. The Morgan fingerprint density at radius 2 is 1.95 bits per heavy atom. The Kier molecular flexibility index (Phi) is 6.54. The lowest BCUT2D eigenvalue weighted by atomic mass is 10.1. The van der Waals surface area contributed by atoms with E-state index in [-0.39, 0.29) is 0 Å². The number of benzene rings is 1. The maximum Gasteiger partial charge on any atom is 0.305 e. The van der Waals surface area contributed by atoms with Crippen molar-refractivity contribution >= 4 is 5.69 Å². The fourth-order valence-electron chi connectivity index (χ4n) is 2.00. The molecule has 0 aromatic heterocycles. The molecule has 1 aromatic carbocycles. The van der Waals surface area contributed by atoms with Gasteiger partial charge in [-0.2, -0.15) is 4.39 Å². The topological polar surface area (TPSA) is 49.6 Å². The van der Waals surface area contributed by atoms with E-state index in [0.717, 1.165) is 26.1 Å². The van der Waals surface area contributed by atoms with E-state index in [1.165, 1.54) is 12.1 Å². The Morgan fingerprint density at radius 3 is 2.50 bits per heavy atom. The van der Waals surface area contributed by atoms with Crippen molar-refractivity contribution in [1.29, 1.82) is 0 Å². The maximum absolute atomic E-state index is 14.0. The predicted molar refractivity (Wildman–Crippen MR) is 77.2 cm³/mol. The van der Waals surface area contributed by atoms with E-state index in [0.29, 0.717) is 12.1 Å². The summed E-state index contributed by atoms with van der Waals surface area (Å²) in [5.74, 6) is -0.719. The molecule has 0 spiro atoms. The van der Waals surface area contributed by atoms with Gasteiger partial charge in [-0.1, -0.05) is 19.1 Å². The molecule has 112 valence electrons. The van der Waals surface area contributed by atoms with Gasteiger partial charge in [0.1, 0.15) is 0 Å². The zero-order valence-electron chi connectivity index (χ0n) is 12.3. The van der Waals surface area contributed by atoms with Gasteiger partial charge in [0.15, 0.2) is 0 Å². The van der Waals surface area contributed by atoms with E-state index in [4.69, 9.17) is 0 Å². The fraction of sp³-hybridized carbons (Fsp3) is 0.571. The minimum Gasteiger partial charge on any atom is -0.308 e. The molecule has 0 heterocycles. The summed E-state index contributed by atoms with van der Waals surface area (Å²) < 4.78 is 14.0. The van der Waals surface area contributed by atoms with Gasteiger partial charge in [0, 0.05) is 31.3 Å². The first-order valence-corrected chi connectivity index (χ1v) is 6.74. The SMILES string of the molecule is CCCN(CCN(C)C)Cc1cccc([N+](=O)[O-])c1F. The van der Waals surface area contributed by atoms with E-state index in [9.17, 15) is 14.5 Å². The zero-order chi connectivity index (χ0) is 15.1. The van der Waals surface area contributed by atoms with Gasteiger partial charge >= 0.3 is 5.69 Å². The van der Waals surface area contributed by atoms with Crippen molar-refractivity contribution in [2.45, 2.75) is 19.9 Å². The van der Waals surface area contributed by atoms with Gasteiger partial charge < -0.3 is 4.90 Å². The first-order chi connectivity index (χ1) is 9.45. The molecule has 1 aromatic rings. The van der Waals surface area contributed by atoms with Crippen LogP contribution in [0.4, 0.5) is 10.1 Å². The molecule has 0 bridgehead atoms. The Bertz CT molecular complexity index is 452. The predicted octanol–water partition coefficient (Wildman–Crippen LogP) is 2.51. The van der Waals surface area contributed by atoms with Gasteiger partial charge in [0.2, 0.25) is 5.82 Å². The summed E-state index contributed by atoms with van der Waals surface area (Å²) in [6.07, 6.45) is 0.962. The number of nitro groups is 1. The Balaban J connectivity index is 2.82. The Labute approximate surface area is 119 Å². The summed E-state index contributed by atoms with van der Waals surface area (Å²) in [5.41, 5.74) is -0.0713. The molecule has 0 fully saturated rings. The summed E-state index contributed by atoms with van der Waals surface area (Å²) >= 11 is 0. The Hall–Kier alpha value is -1.53. The number of nitrogens with zero attached hydrogens (tertiary/aromatic N) is 3. The Morgan fingerprint density at radius 1 is 1.25 bits per heavy atom. The van der Waals surface area contributed by atoms with Crippen molar-refractivity contribution in [3.63, 3.8) is 0 Å². The van der Waals surface area contributed by atoms with Crippen LogP contribution < -0.4 is 0 Å². The minimum atomic E-state index is -0.719. The van der Waals surface area contributed by atoms with E-state index in [1.54, 1.807) is 6.07 Å². The highest BCUT2D eigenvalue weighted by atomic mass is 19.1. The van der Waals surface area contributed by atoms with Crippen molar-refractivity contribution in [3.8, 4) is 0 Å². The highest BCUT2D eigenvalue weighted by Gasteiger charge is 2.18. The van der Waals surface area contributed by atoms with E-state index < -0.39 is 16.4 Å². The van der Waals surface area contributed by atoms with Gasteiger partial charge in [-0.3, -0.25) is 15.0 Å². The molecule has 1 rings (SSSR count). The second kappa shape index (κ2) is 7.91. The standard InChI is InChI=1S/C14H22FN3O2/c1-4-8-17(10-9-16(2)3)11-12-6-5-7-13(14(12)15)18(19)20/h5-7H,4,8-11H2,1-3H3.